The summed E-state index contributed by atoms with van der Waals surface area (Å²) in [6.45, 7) is 10.7. The fraction of sp³-hybridized carbons (Fsp3) is 0.588. The van der Waals surface area contributed by atoms with Crippen LogP contribution < -0.4 is 10.1 Å². The summed E-state index contributed by atoms with van der Waals surface area (Å²) in [6.07, 6.45) is 15.1. The number of fused-ring (bicyclic) bond motifs is 5. The van der Waals surface area contributed by atoms with Gasteiger partial charge in [-0.25, -0.2) is 4.79 Å². The van der Waals surface area contributed by atoms with E-state index < -0.39 is 11.6 Å². The number of hydrogen-bond acceptors (Lipinski definition) is 5. The van der Waals surface area contributed by atoms with E-state index >= 15 is 0 Å². The molecule has 4 aliphatic rings. The number of rotatable bonds is 9. The van der Waals surface area contributed by atoms with Crippen LogP contribution in [0.1, 0.15) is 65.2 Å². The molecule has 0 aromatic heterocycles. The zero-order valence-electron chi connectivity index (χ0n) is 23.5. The van der Waals surface area contributed by atoms with E-state index in [9.17, 15) is 9.59 Å². The van der Waals surface area contributed by atoms with Gasteiger partial charge in [-0.2, -0.15) is 0 Å². The molecule has 5 rings (SSSR count). The first-order valence-corrected chi connectivity index (χ1v) is 14.9. The topological polar surface area (TPSA) is 64.6 Å². The van der Waals surface area contributed by atoms with Crippen molar-refractivity contribution in [1.82, 2.24) is 5.32 Å². The summed E-state index contributed by atoms with van der Waals surface area (Å²) in [5, 5.41) is 3.51. The number of hydrogen-bond donors (Lipinski definition) is 1. The first-order chi connectivity index (χ1) is 18.9. The molecule has 3 fully saturated rings. The normalized spacial score (nSPS) is 35.2. The first kappa shape index (κ1) is 27.7. The van der Waals surface area contributed by atoms with Crippen molar-refractivity contribution in [1.29, 1.82) is 0 Å². The number of benzene rings is 1. The van der Waals surface area contributed by atoms with Crippen LogP contribution in [-0.2, 0) is 14.3 Å². The number of esters is 1. The number of nitrogens with one attached hydrogen (secondary N) is 1. The molecule has 39 heavy (non-hydrogen) atoms. The maximum atomic E-state index is 13.3. The minimum absolute atomic E-state index is 0.169. The average Bonchev–Trinajstić information content (AvgIpc) is 3.21. The molecule has 0 bridgehead atoms. The monoisotopic (exact) mass is 529 g/mol. The van der Waals surface area contributed by atoms with Crippen molar-refractivity contribution in [2.75, 3.05) is 19.7 Å². The summed E-state index contributed by atoms with van der Waals surface area (Å²) >= 11 is 0. The summed E-state index contributed by atoms with van der Waals surface area (Å²) < 4.78 is 12.1. The zero-order valence-corrected chi connectivity index (χ0v) is 23.5. The van der Waals surface area contributed by atoms with Gasteiger partial charge in [-0.15, -0.1) is 6.42 Å². The molecule has 1 aromatic rings. The van der Waals surface area contributed by atoms with Gasteiger partial charge in [-0.05, 0) is 99.4 Å². The van der Waals surface area contributed by atoms with E-state index in [4.69, 9.17) is 15.9 Å². The molecular weight excluding hydrogens is 486 g/mol. The number of carbonyl (C=O) groups is 2. The van der Waals surface area contributed by atoms with Crippen LogP contribution in [-0.4, -0.2) is 37.0 Å². The summed E-state index contributed by atoms with van der Waals surface area (Å²) in [5.74, 6) is 5.46. The molecule has 4 aliphatic carbocycles. The Labute approximate surface area is 233 Å². The molecule has 5 nitrogen and oxygen atoms in total. The smallest absolute Gasteiger partial charge is 0.345 e. The van der Waals surface area contributed by atoms with E-state index in [1.165, 1.54) is 11.1 Å². The second-order valence-corrected chi connectivity index (χ2v) is 12.1. The minimum atomic E-state index is -0.993. The predicted molar refractivity (Wildman–Crippen MR) is 153 cm³/mol. The van der Waals surface area contributed by atoms with E-state index in [0.29, 0.717) is 48.2 Å². The Hall–Kier alpha value is -2.84. The van der Waals surface area contributed by atoms with Crippen LogP contribution in [0, 0.1) is 47.3 Å². The fourth-order valence-electron chi connectivity index (χ4n) is 8.95. The number of ether oxygens (including phenoxy) is 2. The third-order valence-corrected chi connectivity index (χ3v) is 10.4. The standard InChI is InChI=1S/C34H43NO4/c1-5-33-20-23(4)31-28-16-14-26(36)19-24(28)13-15-29(31)32(33)25(17-18-35-7-3)21-34(33,6-2)39-30(37)22-38-27-11-9-8-10-12-27/h2,8-12,19,25,28-29,31-32,35H,4-5,7,13-18,20-22H2,1,3H3/t25?,28?,29?,31?,32?,33-,34-/m0/s1. The van der Waals surface area contributed by atoms with Crippen LogP contribution in [0.15, 0.2) is 54.1 Å². The van der Waals surface area contributed by atoms with Gasteiger partial charge in [0.1, 0.15) is 5.75 Å². The van der Waals surface area contributed by atoms with Gasteiger partial charge in [0, 0.05) is 18.3 Å². The predicted octanol–water partition coefficient (Wildman–Crippen LogP) is 5.90. The fourth-order valence-corrected chi connectivity index (χ4v) is 8.95. The Balaban J connectivity index is 1.47. The van der Waals surface area contributed by atoms with E-state index in [-0.39, 0.29) is 17.8 Å². The Bertz CT molecular complexity index is 1170. The molecule has 1 aromatic carbocycles. The van der Waals surface area contributed by atoms with E-state index in [2.05, 4.69) is 31.7 Å². The second-order valence-electron chi connectivity index (χ2n) is 12.1. The van der Waals surface area contributed by atoms with Crippen molar-refractivity contribution in [3.8, 4) is 18.1 Å². The van der Waals surface area contributed by atoms with Crippen LogP contribution in [0.5, 0.6) is 5.75 Å². The first-order valence-electron chi connectivity index (χ1n) is 14.9. The molecule has 0 spiro atoms. The summed E-state index contributed by atoms with van der Waals surface area (Å²) in [7, 11) is 0. The molecule has 7 atom stereocenters. The van der Waals surface area contributed by atoms with Gasteiger partial charge in [0.15, 0.2) is 18.0 Å². The molecule has 208 valence electrons. The summed E-state index contributed by atoms with van der Waals surface area (Å²) in [4.78, 5) is 25.5. The van der Waals surface area contributed by atoms with Gasteiger partial charge in [0.25, 0.3) is 0 Å². The highest BCUT2D eigenvalue weighted by atomic mass is 16.6. The van der Waals surface area contributed by atoms with Gasteiger partial charge >= 0.3 is 5.97 Å². The van der Waals surface area contributed by atoms with E-state index in [0.717, 1.165) is 51.6 Å². The van der Waals surface area contributed by atoms with Gasteiger partial charge in [-0.3, -0.25) is 4.79 Å². The Morgan fingerprint density at radius 3 is 2.72 bits per heavy atom. The number of terminal acetylenes is 1. The Morgan fingerprint density at radius 2 is 2.00 bits per heavy atom. The van der Waals surface area contributed by atoms with Crippen molar-refractivity contribution >= 4 is 11.8 Å². The Kier molecular flexibility index (Phi) is 8.06. The van der Waals surface area contributed by atoms with Crippen molar-refractivity contribution in [2.24, 2.45) is 35.0 Å². The largest absolute Gasteiger partial charge is 0.482 e. The Morgan fingerprint density at radius 1 is 1.21 bits per heavy atom. The van der Waals surface area contributed by atoms with Gasteiger partial charge < -0.3 is 14.8 Å². The van der Waals surface area contributed by atoms with Crippen molar-refractivity contribution < 1.29 is 19.1 Å². The van der Waals surface area contributed by atoms with Crippen molar-refractivity contribution in [3.05, 3.63) is 54.1 Å². The molecule has 5 unspecified atom stereocenters. The highest BCUT2D eigenvalue weighted by Gasteiger charge is 2.69. The molecule has 5 heteroatoms. The van der Waals surface area contributed by atoms with Crippen LogP contribution in [0.3, 0.4) is 0 Å². The lowest BCUT2D eigenvalue weighted by atomic mass is 9.47. The lowest BCUT2D eigenvalue weighted by molar-refractivity contribution is -0.172. The van der Waals surface area contributed by atoms with Crippen LogP contribution in [0.2, 0.25) is 0 Å². The highest BCUT2D eigenvalue weighted by Crippen LogP contribution is 2.70. The minimum Gasteiger partial charge on any atom is -0.482 e. The number of para-hydroxylation sites is 1. The van der Waals surface area contributed by atoms with Gasteiger partial charge in [-0.1, -0.05) is 55.7 Å². The molecule has 0 saturated heterocycles. The molecule has 0 radical (unpaired) electrons. The lowest BCUT2D eigenvalue weighted by Gasteiger charge is -2.58. The van der Waals surface area contributed by atoms with Gasteiger partial charge in [0.2, 0.25) is 0 Å². The maximum absolute atomic E-state index is 13.3. The molecule has 0 aliphatic heterocycles. The van der Waals surface area contributed by atoms with Crippen molar-refractivity contribution in [3.63, 3.8) is 0 Å². The third-order valence-electron chi connectivity index (χ3n) is 10.4. The molecule has 0 heterocycles. The van der Waals surface area contributed by atoms with E-state index in [1.54, 1.807) is 0 Å². The molecule has 0 amide bonds. The third kappa shape index (κ3) is 4.86. The SMILES string of the molecule is C#C[C@]1(OC(=O)COc2ccccc2)CC(CCNCC)C2C3CCC4=CC(=O)CCC4C3C(=C)C[C@@]21CC. The number of allylic oxidation sites excluding steroid dienone is 2. The van der Waals surface area contributed by atoms with Crippen LogP contribution in [0.25, 0.3) is 0 Å². The highest BCUT2D eigenvalue weighted by molar-refractivity contribution is 5.91. The molecule has 1 N–H and O–H groups in total. The van der Waals surface area contributed by atoms with Crippen molar-refractivity contribution in [2.45, 2.75) is 70.8 Å². The lowest BCUT2D eigenvalue weighted by Crippen LogP contribution is -2.56. The van der Waals surface area contributed by atoms with E-state index in [1.807, 2.05) is 36.4 Å². The maximum Gasteiger partial charge on any atom is 0.345 e. The van der Waals surface area contributed by atoms with Crippen LogP contribution >= 0.6 is 0 Å². The van der Waals surface area contributed by atoms with Crippen LogP contribution in [0.4, 0.5) is 0 Å². The zero-order chi connectivity index (χ0) is 27.6. The van der Waals surface area contributed by atoms with Gasteiger partial charge in [0.05, 0.1) is 0 Å². The number of carbonyl (C=O) groups excluding carboxylic acids is 2. The quantitative estimate of drug-likeness (QED) is 0.187. The summed E-state index contributed by atoms with van der Waals surface area (Å²) in [5.41, 5.74) is 1.21. The molecular formula is C34H43NO4. The average molecular weight is 530 g/mol. The number of ketones is 1. The molecule has 3 saturated carbocycles. The second kappa shape index (κ2) is 11.3. The summed E-state index contributed by atoms with van der Waals surface area (Å²) in [6, 6.07) is 9.33.